The molecule has 1 aliphatic rings. The minimum atomic E-state index is -4.65. The summed E-state index contributed by atoms with van der Waals surface area (Å²) in [6, 6.07) is 4.40. The number of aryl methyl sites for hydroxylation is 2. The Morgan fingerprint density at radius 2 is 1.91 bits per heavy atom. The Bertz CT molecular complexity index is 824. The molecular weight excluding hydrogens is 346 g/mol. The van der Waals surface area contributed by atoms with Gasteiger partial charge >= 0.3 is 5.76 Å². The Labute approximate surface area is 135 Å². The van der Waals surface area contributed by atoms with Gasteiger partial charge in [-0.2, -0.15) is 8.78 Å². The number of carbonyl (C=O) groups is 1. The Morgan fingerprint density at radius 3 is 2.52 bits per heavy atom. The number of hydrogen-bond acceptors (Lipinski definition) is 5. The second-order valence-corrected chi connectivity index (χ2v) is 8.03. The maximum absolute atomic E-state index is 12.4. The van der Waals surface area contributed by atoms with E-state index in [4.69, 9.17) is 0 Å². The largest absolute Gasteiger partial charge is 0.341 e. The van der Waals surface area contributed by atoms with Gasteiger partial charge in [0, 0.05) is 10.4 Å². The van der Waals surface area contributed by atoms with E-state index in [1.165, 1.54) is 28.3 Å². The van der Waals surface area contributed by atoms with Crippen molar-refractivity contribution in [2.45, 2.75) is 29.9 Å². The Balaban J connectivity index is 1.75. The van der Waals surface area contributed by atoms with Crippen LogP contribution in [0.4, 0.5) is 13.9 Å². The summed E-state index contributed by atoms with van der Waals surface area (Å²) in [5.41, 5.74) is 1.18. The average molecular weight is 358 g/mol. The quantitative estimate of drug-likeness (QED) is 0.912. The molecule has 1 aliphatic carbocycles. The summed E-state index contributed by atoms with van der Waals surface area (Å²) < 4.78 is 47.5. The third-order valence-corrected chi connectivity index (χ3v) is 5.97. The molecule has 0 aliphatic heterocycles. The summed E-state index contributed by atoms with van der Waals surface area (Å²) in [4.78, 5) is 17.1. The molecule has 23 heavy (non-hydrogen) atoms. The first-order chi connectivity index (χ1) is 10.9. The van der Waals surface area contributed by atoms with E-state index < -0.39 is 26.4 Å². The van der Waals surface area contributed by atoms with Gasteiger partial charge in [0.25, 0.3) is 5.91 Å². The fraction of sp³-hybridized carbons (Fsp3) is 0.286. The van der Waals surface area contributed by atoms with Crippen LogP contribution in [0, 0.1) is 0 Å². The number of nitrogens with zero attached hydrogens (tertiary/aromatic N) is 1. The molecule has 0 fully saturated rings. The number of amides is 1. The molecule has 0 spiro atoms. The van der Waals surface area contributed by atoms with Crippen molar-refractivity contribution >= 4 is 32.2 Å². The van der Waals surface area contributed by atoms with Crippen molar-refractivity contribution in [1.82, 2.24) is 4.98 Å². The van der Waals surface area contributed by atoms with E-state index in [0.29, 0.717) is 5.13 Å². The van der Waals surface area contributed by atoms with Crippen molar-refractivity contribution in [3.63, 3.8) is 0 Å². The lowest BCUT2D eigenvalue weighted by atomic mass is 10.2. The van der Waals surface area contributed by atoms with E-state index >= 15 is 0 Å². The van der Waals surface area contributed by atoms with Crippen molar-refractivity contribution in [2.75, 3.05) is 5.32 Å². The molecule has 0 saturated carbocycles. The van der Waals surface area contributed by atoms with Crippen LogP contribution >= 0.6 is 11.3 Å². The van der Waals surface area contributed by atoms with Gasteiger partial charge in [-0.15, -0.1) is 11.3 Å². The minimum absolute atomic E-state index is 0.175. The number of anilines is 1. The van der Waals surface area contributed by atoms with E-state index in [1.807, 2.05) is 0 Å². The third kappa shape index (κ3) is 3.11. The standard InChI is InChI=1S/C14H12F2N2O3S2/c15-13(16)23(20,21)9-6-4-8(5-7-9)12(19)18-14-17-10-2-1-3-11(10)22-14/h4-7,13H,1-3H2,(H,17,18,19). The number of nitrogens with one attached hydrogen (secondary N) is 1. The highest BCUT2D eigenvalue weighted by Crippen LogP contribution is 2.30. The maximum atomic E-state index is 12.4. The van der Waals surface area contributed by atoms with Gasteiger partial charge in [0.05, 0.1) is 10.6 Å². The van der Waals surface area contributed by atoms with E-state index in [9.17, 15) is 22.0 Å². The summed E-state index contributed by atoms with van der Waals surface area (Å²) in [6.45, 7) is 0. The average Bonchev–Trinajstić information content (AvgIpc) is 3.08. The van der Waals surface area contributed by atoms with Crippen LogP contribution in [-0.2, 0) is 22.7 Å². The van der Waals surface area contributed by atoms with E-state index in [1.54, 1.807) is 0 Å². The van der Waals surface area contributed by atoms with Crippen molar-refractivity contribution in [3.05, 3.63) is 40.4 Å². The number of aromatic nitrogens is 1. The topological polar surface area (TPSA) is 76.1 Å². The van der Waals surface area contributed by atoms with E-state index in [0.717, 1.165) is 37.1 Å². The Hall–Kier alpha value is -1.87. The lowest BCUT2D eigenvalue weighted by Crippen LogP contribution is -2.14. The highest BCUT2D eigenvalue weighted by Gasteiger charge is 2.26. The normalized spacial score (nSPS) is 14.0. The van der Waals surface area contributed by atoms with Crippen molar-refractivity contribution in [2.24, 2.45) is 0 Å². The predicted molar refractivity (Wildman–Crippen MR) is 81.7 cm³/mol. The molecule has 0 radical (unpaired) electrons. The van der Waals surface area contributed by atoms with E-state index in [2.05, 4.69) is 10.3 Å². The van der Waals surface area contributed by atoms with Crippen LogP contribution in [0.3, 0.4) is 0 Å². The number of benzene rings is 1. The highest BCUT2D eigenvalue weighted by molar-refractivity contribution is 7.91. The number of hydrogen-bond donors (Lipinski definition) is 1. The molecule has 0 saturated heterocycles. The number of thiazole rings is 1. The zero-order valence-corrected chi connectivity index (χ0v) is 13.4. The molecule has 1 aromatic carbocycles. The molecule has 5 nitrogen and oxygen atoms in total. The van der Waals surface area contributed by atoms with Crippen LogP contribution in [0.25, 0.3) is 0 Å². The minimum Gasteiger partial charge on any atom is -0.298 e. The molecule has 1 heterocycles. The van der Waals surface area contributed by atoms with Crippen molar-refractivity contribution in [3.8, 4) is 0 Å². The van der Waals surface area contributed by atoms with Crippen LogP contribution in [0.1, 0.15) is 27.3 Å². The zero-order chi connectivity index (χ0) is 16.6. The second kappa shape index (κ2) is 5.97. The van der Waals surface area contributed by atoms with Crippen LogP contribution in [-0.4, -0.2) is 25.1 Å². The summed E-state index contributed by atoms with van der Waals surface area (Å²) in [5.74, 6) is -3.95. The predicted octanol–water partition coefficient (Wildman–Crippen LogP) is 2.88. The van der Waals surface area contributed by atoms with Gasteiger partial charge in [0.1, 0.15) is 0 Å². The van der Waals surface area contributed by atoms with Gasteiger partial charge in [-0.1, -0.05) is 0 Å². The molecule has 0 bridgehead atoms. The monoisotopic (exact) mass is 358 g/mol. The van der Waals surface area contributed by atoms with Gasteiger partial charge in [0.2, 0.25) is 9.84 Å². The van der Waals surface area contributed by atoms with Gasteiger partial charge < -0.3 is 0 Å². The first-order valence-electron chi connectivity index (χ1n) is 6.80. The molecule has 0 atom stereocenters. The summed E-state index contributed by atoms with van der Waals surface area (Å²) >= 11 is 1.42. The van der Waals surface area contributed by atoms with E-state index in [-0.39, 0.29) is 5.56 Å². The molecule has 1 N–H and O–H groups in total. The molecular formula is C14H12F2N2O3S2. The number of sulfone groups is 1. The fourth-order valence-corrected chi connectivity index (χ4v) is 4.08. The van der Waals surface area contributed by atoms with Crippen LogP contribution in [0.15, 0.2) is 29.2 Å². The molecule has 2 aromatic rings. The molecule has 1 amide bonds. The number of alkyl halides is 2. The molecule has 3 rings (SSSR count). The number of carbonyl (C=O) groups excluding carboxylic acids is 1. The van der Waals surface area contributed by atoms with Crippen LogP contribution in [0.5, 0.6) is 0 Å². The SMILES string of the molecule is O=C(Nc1nc2c(s1)CCC2)c1ccc(S(=O)(=O)C(F)F)cc1. The molecule has 122 valence electrons. The van der Waals surface area contributed by atoms with Gasteiger partial charge in [0.15, 0.2) is 5.13 Å². The third-order valence-electron chi connectivity index (χ3n) is 3.50. The molecule has 9 heteroatoms. The second-order valence-electron chi connectivity index (χ2n) is 5.03. The lowest BCUT2D eigenvalue weighted by molar-refractivity contribution is 0.102. The summed E-state index contributed by atoms with van der Waals surface area (Å²) in [5, 5.41) is 3.13. The number of halogens is 2. The Kier molecular flexibility index (Phi) is 4.15. The maximum Gasteiger partial charge on any atom is 0.341 e. The number of rotatable bonds is 4. The van der Waals surface area contributed by atoms with Gasteiger partial charge in [-0.05, 0) is 43.5 Å². The molecule has 1 aromatic heterocycles. The molecule has 0 unspecified atom stereocenters. The first kappa shape index (κ1) is 16.0. The van der Waals surface area contributed by atoms with Crippen molar-refractivity contribution in [1.29, 1.82) is 0 Å². The van der Waals surface area contributed by atoms with Crippen molar-refractivity contribution < 1.29 is 22.0 Å². The summed E-state index contributed by atoms with van der Waals surface area (Å²) in [7, 11) is -4.65. The Morgan fingerprint density at radius 1 is 1.22 bits per heavy atom. The highest BCUT2D eigenvalue weighted by atomic mass is 32.2. The van der Waals surface area contributed by atoms with Crippen LogP contribution in [0.2, 0.25) is 0 Å². The lowest BCUT2D eigenvalue weighted by Gasteiger charge is -2.05. The smallest absolute Gasteiger partial charge is 0.298 e. The zero-order valence-electron chi connectivity index (χ0n) is 11.8. The summed E-state index contributed by atoms with van der Waals surface area (Å²) in [6.07, 6.45) is 2.94. The van der Waals surface area contributed by atoms with Gasteiger partial charge in [-0.25, -0.2) is 13.4 Å². The van der Waals surface area contributed by atoms with Gasteiger partial charge in [-0.3, -0.25) is 10.1 Å². The first-order valence-corrected chi connectivity index (χ1v) is 9.16. The fourth-order valence-electron chi connectivity index (χ4n) is 2.31. The number of fused-ring (bicyclic) bond motifs is 1. The van der Waals surface area contributed by atoms with Crippen LogP contribution < -0.4 is 5.32 Å².